The molecule has 0 spiro atoms. The first-order valence-corrected chi connectivity index (χ1v) is 6.49. The fourth-order valence-electron chi connectivity index (χ4n) is 2.27. The van der Waals surface area contributed by atoms with Crippen LogP contribution in [0.1, 0.15) is 25.3 Å². The summed E-state index contributed by atoms with van der Waals surface area (Å²) in [6, 6.07) is 8.13. The maximum Gasteiger partial charge on any atom is 0.0737 e. The molecule has 0 atom stereocenters. The van der Waals surface area contributed by atoms with Crippen molar-refractivity contribution >= 4 is 15.9 Å². The van der Waals surface area contributed by atoms with E-state index in [1.165, 1.54) is 5.56 Å². The van der Waals surface area contributed by atoms with Gasteiger partial charge in [-0.25, -0.2) is 0 Å². The third-order valence-electron chi connectivity index (χ3n) is 3.06. The van der Waals surface area contributed by atoms with E-state index in [-0.39, 0.29) is 6.10 Å². The Labute approximate surface area is 105 Å². The molecule has 3 heteroatoms. The molecule has 1 saturated carbocycles. The fraction of sp³-hybridized carbons (Fsp3) is 0.538. The van der Waals surface area contributed by atoms with E-state index in [9.17, 15) is 5.11 Å². The van der Waals surface area contributed by atoms with Crippen molar-refractivity contribution < 1.29 is 9.84 Å². The van der Waals surface area contributed by atoms with Gasteiger partial charge in [-0.3, -0.25) is 0 Å². The summed E-state index contributed by atoms with van der Waals surface area (Å²) in [4.78, 5) is 0. The van der Waals surface area contributed by atoms with E-state index in [2.05, 4.69) is 28.1 Å². The molecule has 0 saturated heterocycles. The van der Waals surface area contributed by atoms with Gasteiger partial charge in [0.25, 0.3) is 0 Å². The maximum atomic E-state index is 10.2. The average molecular weight is 285 g/mol. The van der Waals surface area contributed by atoms with Gasteiger partial charge < -0.3 is 9.84 Å². The van der Waals surface area contributed by atoms with Gasteiger partial charge in [0, 0.05) is 30.3 Å². The molecule has 2 rings (SSSR count). The van der Waals surface area contributed by atoms with E-state index < -0.39 is 5.60 Å². The summed E-state index contributed by atoms with van der Waals surface area (Å²) < 4.78 is 6.54. The van der Waals surface area contributed by atoms with Crippen LogP contribution in [0, 0.1) is 0 Å². The second-order valence-corrected chi connectivity index (χ2v) is 5.43. The van der Waals surface area contributed by atoms with Gasteiger partial charge in [0.1, 0.15) is 0 Å². The maximum absolute atomic E-state index is 10.2. The summed E-state index contributed by atoms with van der Waals surface area (Å²) in [5.41, 5.74) is 0.633. The lowest BCUT2D eigenvalue weighted by molar-refractivity contribution is -0.136. The number of rotatable bonds is 4. The molecule has 1 fully saturated rings. The lowest BCUT2D eigenvalue weighted by atomic mass is 9.74. The number of benzene rings is 1. The van der Waals surface area contributed by atoms with Crippen molar-refractivity contribution in [2.24, 2.45) is 0 Å². The van der Waals surface area contributed by atoms with Gasteiger partial charge in [-0.05, 0) is 24.6 Å². The van der Waals surface area contributed by atoms with Crippen LogP contribution >= 0.6 is 15.9 Å². The summed E-state index contributed by atoms with van der Waals surface area (Å²) in [5.74, 6) is 0. The van der Waals surface area contributed by atoms with Crippen LogP contribution in [0.15, 0.2) is 28.7 Å². The van der Waals surface area contributed by atoms with Crippen molar-refractivity contribution in [1.82, 2.24) is 0 Å². The van der Waals surface area contributed by atoms with Gasteiger partial charge in [-0.2, -0.15) is 0 Å². The number of halogens is 1. The summed E-state index contributed by atoms with van der Waals surface area (Å²) in [6.07, 6.45) is 2.50. The predicted molar refractivity (Wildman–Crippen MR) is 67.4 cm³/mol. The van der Waals surface area contributed by atoms with Crippen LogP contribution in [-0.2, 0) is 11.2 Å². The molecule has 0 aliphatic heterocycles. The summed E-state index contributed by atoms with van der Waals surface area (Å²) in [7, 11) is 0. The molecule has 1 aromatic rings. The van der Waals surface area contributed by atoms with E-state index in [1.54, 1.807) is 0 Å². The first kappa shape index (κ1) is 12.1. The summed E-state index contributed by atoms with van der Waals surface area (Å²) in [5, 5.41) is 10.2. The van der Waals surface area contributed by atoms with Crippen molar-refractivity contribution in [3.05, 3.63) is 34.3 Å². The van der Waals surface area contributed by atoms with Crippen LogP contribution in [0.2, 0.25) is 0 Å². The molecule has 88 valence electrons. The van der Waals surface area contributed by atoms with Crippen LogP contribution in [0.4, 0.5) is 0 Å². The Morgan fingerprint density at radius 3 is 2.56 bits per heavy atom. The van der Waals surface area contributed by atoms with E-state index in [0.29, 0.717) is 0 Å². The Balaban J connectivity index is 1.89. The normalized spacial score (nSPS) is 28.8. The van der Waals surface area contributed by atoms with Gasteiger partial charge in [0.2, 0.25) is 0 Å². The molecule has 16 heavy (non-hydrogen) atoms. The minimum Gasteiger partial charge on any atom is -0.389 e. The van der Waals surface area contributed by atoms with Crippen LogP contribution < -0.4 is 0 Å². The average Bonchev–Trinajstić information content (AvgIpc) is 2.20. The third-order valence-corrected chi connectivity index (χ3v) is 3.59. The van der Waals surface area contributed by atoms with E-state index in [0.717, 1.165) is 30.3 Å². The third kappa shape index (κ3) is 2.84. The minimum atomic E-state index is -0.548. The van der Waals surface area contributed by atoms with Crippen molar-refractivity contribution in [2.45, 2.75) is 37.9 Å². The zero-order chi connectivity index (χ0) is 11.6. The van der Waals surface area contributed by atoms with Gasteiger partial charge in [0.15, 0.2) is 0 Å². The molecule has 0 aromatic heterocycles. The van der Waals surface area contributed by atoms with Gasteiger partial charge in [-0.1, -0.05) is 28.1 Å². The molecule has 1 aromatic carbocycles. The van der Waals surface area contributed by atoms with Gasteiger partial charge in [0.05, 0.1) is 11.7 Å². The smallest absolute Gasteiger partial charge is 0.0737 e. The molecular formula is C13H17BrO2. The minimum absolute atomic E-state index is 0.255. The van der Waals surface area contributed by atoms with Crippen LogP contribution in [0.5, 0.6) is 0 Å². The topological polar surface area (TPSA) is 29.5 Å². The molecule has 0 unspecified atom stereocenters. The number of hydrogen-bond donors (Lipinski definition) is 1. The van der Waals surface area contributed by atoms with Crippen molar-refractivity contribution in [1.29, 1.82) is 0 Å². The Morgan fingerprint density at radius 2 is 2.00 bits per heavy atom. The monoisotopic (exact) mass is 284 g/mol. The van der Waals surface area contributed by atoms with E-state index in [4.69, 9.17) is 4.74 Å². The number of aliphatic hydroxyl groups is 1. The first-order valence-electron chi connectivity index (χ1n) is 5.70. The van der Waals surface area contributed by atoms with Gasteiger partial charge in [-0.15, -0.1) is 0 Å². The number of ether oxygens (including phenoxy) is 1. The fourth-order valence-corrected chi connectivity index (χ4v) is 2.53. The molecular weight excluding hydrogens is 268 g/mol. The Hall–Kier alpha value is -0.380. The summed E-state index contributed by atoms with van der Waals surface area (Å²) in [6.45, 7) is 2.73. The SMILES string of the molecule is CCOC1CC(O)(Cc2ccc(Br)cc2)C1. The van der Waals surface area contributed by atoms with Crippen LogP contribution in [0.25, 0.3) is 0 Å². The standard InChI is InChI=1S/C13H17BrO2/c1-2-16-12-8-13(15,9-12)7-10-3-5-11(14)6-4-10/h3-6,12,15H,2,7-9H2,1H3. The second kappa shape index (κ2) is 4.86. The highest BCUT2D eigenvalue weighted by molar-refractivity contribution is 9.10. The zero-order valence-corrected chi connectivity index (χ0v) is 11.0. The van der Waals surface area contributed by atoms with Gasteiger partial charge >= 0.3 is 0 Å². The Morgan fingerprint density at radius 1 is 1.38 bits per heavy atom. The lowest BCUT2D eigenvalue weighted by Crippen LogP contribution is -2.49. The van der Waals surface area contributed by atoms with E-state index in [1.807, 2.05) is 19.1 Å². The molecule has 0 heterocycles. The molecule has 0 amide bonds. The number of hydrogen-bond acceptors (Lipinski definition) is 2. The van der Waals surface area contributed by atoms with Crippen LogP contribution in [0.3, 0.4) is 0 Å². The molecule has 1 aliphatic rings. The Kier molecular flexibility index (Phi) is 3.67. The highest BCUT2D eigenvalue weighted by atomic mass is 79.9. The lowest BCUT2D eigenvalue weighted by Gasteiger charge is -2.43. The molecule has 1 N–H and O–H groups in total. The molecule has 1 aliphatic carbocycles. The highest BCUT2D eigenvalue weighted by Gasteiger charge is 2.42. The highest BCUT2D eigenvalue weighted by Crippen LogP contribution is 2.37. The second-order valence-electron chi connectivity index (χ2n) is 4.51. The van der Waals surface area contributed by atoms with Crippen LogP contribution in [-0.4, -0.2) is 23.4 Å². The van der Waals surface area contributed by atoms with Crippen molar-refractivity contribution in [3.63, 3.8) is 0 Å². The molecule has 0 radical (unpaired) electrons. The van der Waals surface area contributed by atoms with Crippen molar-refractivity contribution in [3.8, 4) is 0 Å². The largest absolute Gasteiger partial charge is 0.389 e. The quantitative estimate of drug-likeness (QED) is 0.921. The summed E-state index contributed by atoms with van der Waals surface area (Å²) >= 11 is 3.40. The Bertz CT molecular complexity index is 341. The predicted octanol–water partition coefficient (Wildman–Crippen LogP) is 2.92. The zero-order valence-electron chi connectivity index (χ0n) is 9.45. The molecule has 0 bridgehead atoms. The van der Waals surface area contributed by atoms with Crippen molar-refractivity contribution in [2.75, 3.05) is 6.61 Å². The van der Waals surface area contributed by atoms with E-state index >= 15 is 0 Å². The molecule has 2 nitrogen and oxygen atoms in total. The first-order chi connectivity index (χ1) is 7.61.